The fourth-order valence-electron chi connectivity index (χ4n) is 2.22. The molecule has 6 nitrogen and oxygen atoms in total. The summed E-state index contributed by atoms with van der Waals surface area (Å²) in [5.74, 6) is -0.356. The summed E-state index contributed by atoms with van der Waals surface area (Å²) in [6, 6.07) is 19.4. The van der Waals surface area contributed by atoms with Crippen molar-refractivity contribution in [1.82, 2.24) is 5.43 Å². The molecule has 0 saturated carbocycles. The maximum atomic E-state index is 12.1. The van der Waals surface area contributed by atoms with Crippen molar-refractivity contribution in [3.05, 3.63) is 94.0 Å². The lowest BCUT2D eigenvalue weighted by Crippen LogP contribution is -2.17. The van der Waals surface area contributed by atoms with E-state index in [1.165, 1.54) is 30.5 Å². The van der Waals surface area contributed by atoms with E-state index in [2.05, 4.69) is 26.5 Å². The molecule has 28 heavy (non-hydrogen) atoms. The van der Waals surface area contributed by atoms with Crippen molar-refractivity contribution in [3.8, 4) is 11.5 Å². The second kappa shape index (κ2) is 8.96. The van der Waals surface area contributed by atoms with Crippen molar-refractivity contribution in [1.29, 1.82) is 0 Å². The number of carbonyl (C=O) groups is 2. The highest BCUT2D eigenvalue weighted by Crippen LogP contribution is 2.16. The first-order valence-corrected chi connectivity index (χ1v) is 9.01. The number of amides is 1. The van der Waals surface area contributed by atoms with Gasteiger partial charge in [0.2, 0.25) is 0 Å². The first kappa shape index (κ1) is 19.3. The van der Waals surface area contributed by atoms with E-state index in [4.69, 9.17) is 4.74 Å². The third kappa shape index (κ3) is 5.28. The van der Waals surface area contributed by atoms with Crippen LogP contribution in [0.25, 0.3) is 0 Å². The molecule has 0 bridgehead atoms. The van der Waals surface area contributed by atoms with Gasteiger partial charge in [-0.3, -0.25) is 4.79 Å². The van der Waals surface area contributed by atoms with Gasteiger partial charge >= 0.3 is 5.97 Å². The molecular weight excluding hydrogens is 424 g/mol. The Morgan fingerprint density at radius 1 is 0.893 bits per heavy atom. The van der Waals surface area contributed by atoms with Gasteiger partial charge in [-0.25, -0.2) is 10.2 Å². The summed E-state index contributed by atoms with van der Waals surface area (Å²) < 4.78 is 6.20. The summed E-state index contributed by atoms with van der Waals surface area (Å²) in [6.07, 6.45) is 1.47. The smallest absolute Gasteiger partial charge is 0.343 e. The number of hydrogen-bond donors (Lipinski definition) is 2. The molecule has 140 valence electrons. The molecule has 0 spiro atoms. The molecule has 7 heteroatoms. The molecule has 3 aromatic carbocycles. The Kier molecular flexibility index (Phi) is 6.18. The Labute approximate surface area is 169 Å². The minimum absolute atomic E-state index is 0.0842. The van der Waals surface area contributed by atoms with Crippen molar-refractivity contribution in [2.75, 3.05) is 0 Å². The number of phenols is 1. The number of carbonyl (C=O) groups excluding carboxylic acids is 2. The van der Waals surface area contributed by atoms with E-state index in [0.717, 1.165) is 10.0 Å². The molecule has 0 aromatic heterocycles. The molecule has 3 aromatic rings. The van der Waals surface area contributed by atoms with Gasteiger partial charge in [0.25, 0.3) is 5.91 Å². The average molecular weight is 439 g/mol. The zero-order valence-corrected chi connectivity index (χ0v) is 16.1. The molecule has 0 atom stereocenters. The Morgan fingerprint density at radius 2 is 1.50 bits per heavy atom. The number of nitrogens with one attached hydrogen (secondary N) is 1. The Hall–Kier alpha value is -3.45. The molecule has 0 aliphatic rings. The van der Waals surface area contributed by atoms with Crippen LogP contribution in [0.3, 0.4) is 0 Å². The van der Waals surface area contributed by atoms with Crippen LogP contribution in [0.5, 0.6) is 11.5 Å². The zero-order valence-electron chi connectivity index (χ0n) is 14.5. The standard InChI is InChI=1S/C21H15BrN2O4/c22-17-7-3-16(4-8-17)21(27)28-19-11-1-14(2-12-19)13-23-24-20(26)15-5-9-18(25)10-6-15/h1-13,25H,(H,24,26)/b23-13-. The lowest BCUT2D eigenvalue weighted by Gasteiger charge is -2.05. The summed E-state index contributed by atoms with van der Waals surface area (Å²) in [5.41, 5.74) is 3.95. The number of hydrogen-bond acceptors (Lipinski definition) is 5. The fraction of sp³-hybridized carbons (Fsp3) is 0. The predicted molar refractivity (Wildman–Crippen MR) is 109 cm³/mol. The number of nitrogens with zero attached hydrogens (tertiary/aromatic N) is 1. The number of ether oxygens (including phenoxy) is 1. The zero-order chi connectivity index (χ0) is 19.9. The number of esters is 1. The molecule has 0 aliphatic carbocycles. The summed E-state index contributed by atoms with van der Waals surface area (Å²) in [4.78, 5) is 24.0. The third-order valence-corrected chi connectivity index (χ3v) is 4.21. The van der Waals surface area contributed by atoms with Crippen LogP contribution in [0.4, 0.5) is 0 Å². The van der Waals surface area contributed by atoms with Crippen LogP contribution < -0.4 is 10.2 Å². The van der Waals surface area contributed by atoms with Gasteiger partial charge in [0, 0.05) is 10.0 Å². The van der Waals surface area contributed by atoms with E-state index in [1.54, 1.807) is 48.5 Å². The van der Waals surface area contributed by atoms with Crippen molar-refractivity contribution in [3.63, 3.8) is 0 Å². The molecule has 0 radical (unpaired) electrons. The average Bonchev–Trinajstić information content (AvgIpc) is 2.70. The lowest BCUT2D eigenvalue weighted by atomic mass is 10.2. The summed E-state index contributed by atoms with van der Waals surface area (Å²) >= 11 is 3.31. The van der Waals surface area contributed by atoms with E-state index in [0.29, 0.717) is 16.9 Å². The molecule has 0 heterocycles. The first-order valence-electron chi connectivity index (χ1n) is 8.21. The molecule has 0 fully saturated rings. The second-order valence-electron chi connectivity index (χ2n) is 5.71. The maximum absolute atomic E-state index is 12.1. The Bertz CT molecular complexity index is 998. The van der Waals surface area contributed by atoms with Gasteiger partial charge in [0.1, 0.15) is 11.5 Å². The van der Waals surface area contributed by atoms with Crippen LogP contribution in [-0.2, 0) is 0 Å². The normalized spacial score (nSPS) is 10.6. The molecule has 1 amide bonds. The lowest BCUT2D eigenvalue weighted by molar-refractivity contribution is 0.0734. The van der Waals surface area contributed by atoms with E-state index in [9.17, 15) is 14.7 Å². The molecule has 3 rings (SSSR count). The Balaban J connectivity index is 1.55. The Morgan fingerprint density at radius 3 is 2.14 bits per heavy atom. The minimum atomic E-state index is -0.449. The topological polar surface area (TPSA) is 88.0 Å². The van der Waals surface area contributed by atoms with E-state index in [1.807, 2.05) is 0 Å². The predicted octanol–water partition coefficient (Wildman–Crippen LogP) is 4.14. The molecule has 0 saturated heterocycles. The summed E-state index contributed by atoms with van der Waals surface area (Å²) in [7, 11) is 0. The van der Waals surface area contributed by atoms with Crippen molar-refractivity contribution in [2.45, 2.75) is 0 Å². The van der Waals surface area contributed by atoms with Crippen LogP contribution in [-0.4, -0.2) is 23.2 Å². The number of benzene rings is 3. The van der Waals surface area contributed by atoms with Gasteiger partial charge in [0.15, 0.2) is 0 Å². The van der Waals surface area contributed by atoms with Crippen LogP contribution in [0.15, 0.2) is 82.4 Å². The van der Waals surface area contributed by atoms with E-state index in [-0.39, 0.29) is 5.75 Å². The molecule has 2 N–H and O–H groups in total. The van der Waals surface area contributed by atoms with Crippen LogP contribution >= 0.6 is 15.9 Å². The number of rotatable bonds is 5. The van der Waals surface area contributed by atoms with Crippen molar-refractivity contribution >= 4 is 34.0 Å². The first-order chi connectivity index (χ1) is 13.5. The van der Waals surface area contributed by atoms with Gasteiger partial charge < -0.3 is 9.84 Å². The van der Waals surface area contributed by atoms with E-state index >= 15 is 0 Å². The van der Waals surface area contributed by atoms with Gasteiger partial charge in [-0.05, 0) is 78.4 Å². The van der Waals surface area contributed by atoms with Crippen molar-refractivity contribution in [2.24, 2.45) is 5.10 Å². The SMILES string of the molecule is O=C(N/N=C\c1ccc(OC(=O)c2ccc(Br)cc2)cc1)c1ccc(O)cc1. The summed E-state index contributed by atoms with van der Waals surface area (Å²) in [5, 5.41) is 13.1. The van der Waals surface area contributed by atoms with Gasteiger partial charge in [-0.1, -0.05) is 15.9 Å². The largest absolute Gasteiger partial charge is 0.508 e. The minimum Gasteiger partial charge on any atom is -0.508 e. The van der Waals surface area contributed by atoms with Crippen LogP contribution in [0, 0.1) is 0 Å². The summed E-state index contributed by atoms with van der Waals surface area (Å²) in [6.45, 7) is 0. The van der Waals surface area contributed by atoms with Gasteiger partial charge in [-0.15, -0.1) is 0 Å². The third-order valence-electron chi connectivity index (χ3n) is 3.68. The fourth-order valence-corrected chi connectivity index (χ4v) is 2.48. The molecular formula is C21H15BrN2O4. The molecule has 0 unspecified atom stereocenters. The van der Waals surface area contributed by atoms with Gasteiger partial charge in [0.05, 0.1) is 11.8 Å². The van der Waals surface area contributed by atoms with Crippen LogP contribution in [0.2, 0.25) is 0 Å². The van der Waals surface area contributed by atoms with E-state index < -0.39 is 11.9 Å². The highest BCUT2D eigenvalue weighted by Gasteiger charge is 2.08. The number of aromatic hydroxyl groups is 1. The number of phenolic OH excluding ortho intramolecular Hbond substituents is 1. The quantitative estimate of drug-likeness (QED) is 0.271. The number of hydrazone groups is 1. The highest BCUT2D eigenvalue weighted by molar-refractivity contribution is 9.10. The monoisotopic (exact) mass is 438 g/mol. The van der Waals surface area contributed by atoms with Crippen LogP contribution in [0.1, 0.15) is 26.3 Å². The maximum Gasteiger partial charge on any atom is 0.343 e. The second-order valence-corrected chi connectivity index (χ2v) is 6.63. The van der Waals surface area contributed by atoms with Crippen molar-refractivity contribution < 1.29 is 19.4 Å². The number of halogens is 1. The molecule has 0 aliphatic heterocycles. The highest BCUT2D eigenvalue weighted by atomic mass is 79.9. The van der Waals surface area contributed by atoms with Gasteiger partial charge in [-0.2, -0.15) is 5.10 Å².